The summed E-state index contributed by atoms with van der Waals surface area (Å²) in [6.45, 7) is 7.29. The molecule has 5 fully saturated rings. The quantitative estimate of drug-likeness (QED) is 0.450. The second kappa shape index (κ2) is 12.1. The summed E-state index contributed by atoms with van der Waals surface area (Å²) in [5.41, 5.74) is 0. The third-order valence-electron chi connectivity index (χ3n) is 9.12. The molecule has 0 aromatic carbocycles. The molecule has 1 aliphatic carbocycles. The number of halogens is 1. The lowest BCUT2D eigenvalue weighted by molar-refractivity contribution is -0.134. The Kier molecular flexibility index (Phi) is 8.87. The summed E-state index contributed by atoms with van der Waals surface area (Å²) >= 11 is 6.38. The van der Waals surface area contributed by atoms with E-state index in [4.69, 9.17) is 11.6 Å². The molecule has 0 aromatic heterocycles. The number of hydrogen-bond donors (Lipinski definition) is 3. The lowest BCUT2D eigenvalue weighted by Crippen LogP contribution is -2.58. The number of alkyl halides is 1. The molecule has 6 atom stereocenters. The molecule has 5 rings (SSSR count). The molecule has 8 nitrogen and oxygen atoms in total. The van der Waals surface area contributed by atoms with Gasteiger partial charge in [0.2, 0.25) is 11.8 Å². The molecule has 4 aliphatic heterocycles. The molecule has 0 radical (unpaired) electrons. The van der Waals surface area contributed by atoms with Gasteiger partial charge < -0.3 is 20.9 Å². The van der Waals surface area contributed by atoms with Crippen LogP contribution in [0.3, 0.4) is 0 Å². The van der Waals surface area contributed by atoms with Crippen LogP contribution < -0.4 is 16.0 Å². The molecule has 2 amide bonds. The average molecular weight is 509 g/mol. The fraction of sp³-hybridized carbons (Fsp3) is 0.923. The first-order valence-corrected chi connectivity index (χ1v) is 14.7. The molecule has 198 valence electrons. The van der Waals surface area contributed by atoms with Crippen LogP contribution in [-0.4, -0.2) is 109 Å². The van der Waals surface area contributed by atoms with E-state index in [1.165, 1.54) is 32.1 Å². The monoisotopic (exact) mass is 508 g/mol. The molecule has 0 bridgehead atoms. The van der Waals surface area contributed by atoms with Crippen molar-refractivity contribution in [3.63, 3.8) is 0 Å². The van der Waals surface area contributed by atoms with Gasteiger partial charge in [-0.2, -0.15) is 0 Å². The summed E-state index contributed by atoms with van der Waals surface area (Å²) in [7, 11) is 0. The van der Waals surface area contributed by atoms with E-state index in [0.29, 0.717) is 36.5 Å². The molecular weight excluding hydrogens is 464 g/mol. The first-order valence-electron chi connectivity index (χ1n) is 14.2. The smallest absolute Gasteiger partial charge is 0.237 e. The van der Waals surface area contributed by atoms with Gasteiger partial charge in [-0.05, 0) is 70.4 Å². The van der Waals surface area contributed by atoms with Gasteiger partial charge in [-0.3, -0.25) is 19.4 Å². The van der Waals surface area contributed by atoms with Crippen molar-refractivity contribution in [2.24, 2.45) is 5.92 Å². The van der Waals surface area contributed by atoms with Crippen molar-refractivity contribution in [3.05, 3.63) is 0 Å². The summed E-state index contributed by atoms with van der Waals surface area (Å²) in [4.78, 5) is 32.5. The minimum atomic E-state index is -0.0555. The Balaban J connectivity index is 1.06. The fourth-order valence-corrected chi connectivity index (χ4v) is 7.42. The highest BCUT2D eigenvalue weighted by atomic mass is 35.5. The lowest BCUT2D eigenvalue weighted by Gasteiger charge is -2.41. The molecule has 9 heteroatoms. The molecule has 0 aromatic rings. The van der Waals surface area contributed by atoms with Crippen molar-refractivity contribution in [1.82, 2.24) is 30.7 Å². The third kappa shape index (κ3) is 6.50. The van der Waals surface area contributed by atoms with Gasteiger partial charge in [0.1, 0.15) is 0 Å². The second-order valence-electron chi connectivity index (χ2n) is 11.5. The summed E-state index contributed by atoms with van der Waals surface area (Å²) in [5, 5.41) is 10.8. The summed E-state index contributed by atoms with van der Waals surface area (Å²) in [6.07, 6.45) is 11.3. The van der Waals surface area contributed by atoms with Crippen molar-refractivity contribution in [2.75, 3.05) is 52.4 Å². The number of amides is 2. The zero-order valence-electron chi connectivity index (χ0n) is 21.2. The number of carbonyl (C=O) groups excluding carboxylic acids is 2. The Morgan fingerprint density at radius 1 is 1.06 bits per heavy atom. The normalized spacial score (nSPS) is 37.2. The van der Waals surface area contributed by atoms with Gasteiger partial charge >= 0.3 is 0 Å². The topological polar surface area (TPSA) is 80.0 Å². The Morgan fingerprint density at radius 3 is 2.69 bits per heavy atom. The molecule has 4 heterocycles. The van der Waals surface area contributed by atoms with Crippen LogP contribution in [0.15, 0.2) is 0 Å². The number of piperidine rings is 1. The summed E-state index contributed by atoms with van der Waals surface area (Å²) < 4.78 is 0. The second-order valence-corrected chi connectivity index (χ2v) is 12.1. The highest BCUT2D eigenvalue weighted by Gasteiger charge is 2.43. The van der Waals surface area contributed by atoms with E-state index in [1.54, 1.807) is 0 Å². The number of carbonyl (C=O) groups is 2. The van der Waals surface area contributed by atoms with Gasteiger partial charge in [0.15, 0.2) is 0 Å². The van der Waals surface area contributed by atoms with E-state index in [0.717, 1.165) is 71.5 Å². The maximum absolute atomic E-state index is 13.0. The van der Waals surface area contributed by atoms with E-state index in [9.17, 15) is 9.59 Å². The van der Waals surface area contributed by atoms with Gasteiger partial charge in [0.25, 0.3) is 0 Å². The Hall–Kier alpha value is -0.930. The lowest BCUT2D eigenvalue weighted by atomic mass is 9.88. The van der Waals surface area contributed by atoms with Gasteiger partial charge in [0, 0.05) is 63.2 Å². The van der Waals surface area contributed by atoms with Gasteiger partial charge in [0.05, 0.1) is 12.2 Å². The predicted molar refractivity (Wildman–Crippen MR) is 138 cm³/mol. The van der Waals surface area contributed by atoms with E-state index >= 15 is 0 Å². The van der Waals surface area contributed by atoms with E-state index in [2.05, 4.69) is 30.7 Å². The van der Waals surface area contributed by atoms with Crippen molar-refractivity contribution >= 4 is 23.4 Å². The standard InChI is InChI=1S/C26H45ClN6O2/c27-20-5-3-4-19(14-20)16-29-21-15-23-26(35)30-17-22(33(23)18-21)7-8-25(34)32-12-10-31(11-13-32)24-6-1-2-9-28-24/h19-24,28-29H,1-18H2,(H,30,35). The van der Waals surface area contributed by atoms with Crippen molar-refractivity contribution in [1.29, 1.82) is 0 Å². The fourth-order valence-electron chi connectivity index (χ4n) is 7.01. The maximum Gasteiger partial charge on any atom is 0.237 e. The van der Waals surface area contributed by atoms with Crippen LogP contribution in [0.4, 0.5) is 0 Å². The number of hydrogen-bond acceptors (Lipinski definition) is 6. The number of piperazine rings is 2. The van der Waals surface area contributed by atoms with E-state index < -0.39 is 0 Å². The number of rotatable bonds is 7. The Bertz CT molecular complexity index is 727. The zero-order chi connectivity index (χ0) is 24.2. The molecule has 5 aliphatic rings. The van der Waals surface area contributed by atoms with Crippen LogP contribution in [0.5, 0.6) is 0 Å². The van der Waals surface area contributed by atoms with Crippen LogP contribution in [0.25, 0.3) is 0 Å². The van der Waals surface area contributed by atoms with Gasteiger partial charge in [-0.1, -0.05) is 6.42 Å². The zero-order valence-corrected chi connectivity index (χ0v) is 22.0. The first kappa shape index (κ1) is 25.7. The molecule has 4 saturated heterocycles. The van der Waals surface area contributed by atoms with E-state index in [-0.39, 0.29) is 23.9 Å². The summed E-state index contributed by atoms with van der Waals surface area (Å²) in [6, 6.07) is 0.544. The third-order valence-corrected chi connectivity index (χ3v) is 9.52. The molecule has 35 heavy (non-hydrogen) atoms. The Labute approximate surface area is 215 Å². The van der Waals surface area contributed by atoms with Crippen LogP contribution >= 0.6 is 11.6 Å². The molecule has 3 N–H and O–H groups in total. The number of fused-ring (bicyclic) bond motifs is 1. The predicted octanol–water partition coefficient (Wildman–Crippen LogP) is 1.34. The Morgan fingerprint density at radius 2 is 1.91 bits per heavy atom. The first-order chi connectivity index (χ1) is 17.1. The van der Waals surface area contributed by atoms with Crippen LogP contribution in [0.1, 0.15) is 64.2 Å². The minimum absolute atomic E-state index is 0.0555. The van der Waals surface area contributed by atoms with Crippen LogP contribution in [0, 0.1) is 5.92 Å². The molecule has 0 spiro atoms. The molecule has 1 saturated carbocycles. The minimum Gasteiger partial charge on any atom is -0.353 e. The number of nitrogens with one attached hydrogen (secondary N) is 3. The number of nitrogens with zero attached hydrogens (tertiary/aromatic N) is 3. The van der Waals surface area contributed by atoms with Crippen LogP contribution in [-0.2, 0) is 9.59 Å². The van der Waals surface area contributed by atoms with Crippen LogP contribution in [0.2, 0.25) is 0 Å². The van der Waals surface area contributed by atoms with E-state index in [1.807, 2.05) is 0 Å². The largest absolute Gasteiger partial charge is 0.353 e. The molecular formula is C26H45ClN6O2. The highest BCUT2D eigenvalue weighted by molar-refractivity contribution is 6.20. The average Bonchev–Trinajstić information content (AvgIpc) is 3.33. The van der Waals surface area contributed by atoms with Crippen molar-refractivity contribution < 1.29 is 9.59 Å². The highest BCUT2D eigenvalue weighted by Crippen LogP contribution is 2.29. The molecule has 6 unspecified atom stereocenters. The van der Waals surface area contributed by atoms with Gasteiger partial charge in [-0.15, -0.1) is 11.6 Å². The summed E-state index contributed by atoms with van der Waals surface area (Å²) in [5.74, 6) is 1.08. The van der Waals surface area contributed by atoms with Gasteiger partial charge in [-0.25, -0.2) is 0 Å². The van der Waals surface area contributed by atoms with Crippen molar-refractivity contribution in [3.8, 4) is 0 Å². The SMILES string of the molecule is O=C1NCC(CCC(=O)N2CCN(C3CCCCN3)CC2)N2CC(NCC3CCCC(Cl)C3)CC12. The maximum atomic E-state index is 13.0. The van der Waals surface area contributed by atoms with Crippen molar-refractivity contribution in [2.45, 2.75) is 93.9 Å².